The number of fused-ring (bicyclic) bond motifs is 10. The second-order valence-corrected chi connectivity index (χ2v) is 17.8. The second kappa shape index (κ2) is 16.1. The van der Waals surface area contributed by atoms with Crippen molar-refractivity contribution in [2.24, 2.45) is 0 Å². The van der Waals surface area contributed by atoms with Gasteiger partial charge in [0.15, 0.2) is 17.5 Å². The molecule has 4 aromatic heterocycles. The van der Waals surface area contributed by atoms with Crippen LogP contribution in [0.1, 0.15) is 0 Å². The molecular formula is C64H40N6. The molecule has 14 rings (SSSR count). The number of rotatable bonds is 7. The predicted molar refractivity (Wildman–Crippen MR) is 288 cm³/mol. The minimum atomic E-state index is 0.610. The summed E-state index contributed by atoms with van der Waals surface area (Å²) in [6, 6.07) is 85.6. The van der Waals surface area contributed by atoms with Gasteiger partial charge in [-0.05, 0) is 71.8 Å². The van der Waals surface area contributed by atoms with Crippen LogP contribution in [-0.4, -0.2) is 29.1 Å². The summed E-state index contributed by atoms with van der Waals surface area (Å²) in [4.78, 5) is 20.7. The second-order valence-electron chi connectivity index (χ2n) is 17.8. The molecule has 0 spiro atoms. The molecule has 0 aliphatic carbocycles. The van der Waals surface area contributed by atoms with E-state index in [4.69, 9.17) is 19.9 Å². The van der Waals surface area contributed by atoms with Gasteiger partial charge < -0.3 is 9.13 Å². The Morgan fingerprint density at radius 1 is 0.257 bits per heavy atom. The molecule has 0 aliphatic heterocycles. The summed E-state index contributed by atoms with van der Waals surface area (Å²) in [5, 5.41) is 8.31. The summed E-state index contributed by atoms with van der Waals surface area (Å²) in [7, 11) is 0. The van der Waals surface area contributed by atoms with Crippen LogP contribution in [0, 0.1) is 0 Å². The molecule has 0 amide bonds. The van der Waals surface area contributed by atoms with Gasteiger partial charge in [-0.2, -0.15) is 0 Å². The fraction of sp³-hybridized carbons (Fsp3) is 0. The van der Waals surface area contributed by atoms with Crippen LogP contribution in [0.25, 0.3) is 133 Å². The summed E-state index contributed by atoms with van der Waals surface area (Å²) in [6.07, 6.45) is 0. The molecule has 10 aromatic carbocycles. The van der Waals surface area contributed by atoms with E-state index >= 15 is 0 Å². The lowest BCUT2D eigenvalue weighted by Crippen LogP contribution is -2.00. The van der Waals surface area contributed by atoms with E-state index in [1.165, 1.54) is 49.0 Å². The normalized spacial score (nSPS) is 11.7. The molecule has 0 bridgehead atoms. The number of benzene rings is 10. The lowest BCUT2D eigenvalue weighted by atomic mass is 9.95. The van der Waals surface area contributed by atoms with Crippen molar-refractivity contribution in [3.05, 3.63) is 243 Å². The summed E-state index contributed by atoms with van der Waals surface area (Å²) in [6.45, 7) is 0. The van der Waals surface area contributed by atoms with Crippen molar-refractivity contribution in [3.8, 4) is 67.9 Å². The molecule has 0 unspecified atom stereocenters. The van der Waals surface area contributed by atoms with Gasteiger partial charge >= 0.3 is 0 Å². The fourth-order valence-electron chi connectivity index (χ4n) is 10.5. The van der Waals surface area contributed by atoms with Crippen LogP contribution in [0.4, 0.5) is 0 Å². The molecular weight excluding hydrogens is 853 g/mol. The maximum atomic E-state index is 5.47. The summed E-state index contributed by atoms with van der Waals surface area (Å²) < 4.78 is 4.75. The number of aromatic nitrogens is 6. The third kappa shape index (κ3) is 6.42. The summed E-state index contributed by atoms with van der Waals surface area (Å²) in [5.41, 5.74) is 14.8. The van der Waals surface area contributed by atoms with Gasteiger partial charge in [-0.1, -0.05) is 182 Å². The first-order chi connectivity index (χ1) is 34.7. The minimum absolute atomic E-state index is 0.610. The van der Waals surface area contributed by atoms with E-state index in [-0.39, 0.29) is 0 Å². The molecule has 0 saturated heterocycles. The zero-order chi connectivity index (χ0) is 46.1. The summed E-state index contributed by atoms with van der Waals surface area (Å²) in [5.74, 6) is 1.85. The van der Waals surface area contributed by atoms with E-state index < -0.39 is 0 Å². The number of hydrogen-bond acceptors (Lipinski definition) is 4. The number of para-hydroxylation sites is 4. The van der Waals surface area contributed by atoms with Crippen LogP contribution in [0.2, 0.25) is 0 Å². The van der Waals surface area contributed by atoms with E-state index in [0.717, 1.165) is 66.7 Å². The summed E-state index contributed by atoms with van der Waals surface area (Å²) >= 11 is 0. The topological polar surface area (TPSA) is 61.4 Å². The largest absolute Gasteiger partial charge is 0.309 e. The lowest BCUT2D eigenvalue weighted by Gasteiger charge is -2.15. The fourth-order valence-corrected chi connectivity index (χ4v) is 10.5. The average Bonchev–Trinajstić information content (AvgIpc) is 3.96. The molecule has 0 N–H and O–H groups in total. The SMILES string of the molecule is c1ccc(-c2nc(-c3ccc(-c4ccc5c(c4)nc(-c4ccccc4)c4ccc6c7ccccc7n(-c7ccccc7)c6c45)cc3)nc(-c3ccc(-n4c5ccccc5c5ccccc54)cc3)n2)cc1. The van der Waals surface area contributed by atoms with Crippen LogP contribution in [0.5, 0.6) is 0 Å². The predicted octanol–water partition coefficient (Wildman–Crippen LogP) is 16.1. The van der Waals surface area contributed by atoms with Crippen molar-refractivity contribution < 1.29 is 0 Å². The monoisotopic (exact) mass is 892 g/mol. The van der Waals surface area contributed by atoms with Crippen molar-refractivity contribution in [1.82, 2.24) is 29.1 Å². The Morgan fingerprint density at radius 2 is 0.671 bits per heavy atom. The standard InChI is InChI=1S/C64H40N6/c1-4-16-42(17-5-1)60-54-39-38-52-51-24-12-15-27-58(51)70(47-20-8-3-9-21-47)61(52)59(54)53-37-34-46(40-55(53)65-60)41-28-30-44(31-29-41)63-66-62(43-18-6-2-7-19-43)67-64(68-63)45-32-35-48(36-33-45)69-56-25-13-10-22-49(56)50-23-11-14-26-57(50)69/h1-40H. The molecule has 6 heteroatoms. The maximum Gasteiger partial charge on any atom is 0.164 e. The van der Waals surface area contributed by atoms with Gasteiger partial charge in [-0.25, -0.2) is 19.9 Å². The molecule has 14 aromatic rings. The highest BCUT2D eigenvalue weighted by molar-refractivity contribution is 6.27. The smallest absolute Gasteiger partial charge is 0.164 e. The number of nitrogens with zero attached hydrogens (tertiary/aromatic N) is 6. The van der Waals surface area contributed by atoms with Gasteiger partial charge in [-0.15, -0.1) is 0 Å². The quantitative estimate of drug-likeness (QED) is 0.150. The van der Waals surface area contributed by atoms with Gasteiger partial charge in [0.25, 0.3) is 0 Å². The van der Waals surface area contributed by atoms with Gasteiger partial charge in [0.2, 0.25) is 0 Å². The third-order valence-corrected chi connectivity index (χ3v) is 13.8. The zero-order valence-corrected chi connectivity index (χ0v) is 37.8. The van der Waals surface area contributed by atoms with E-state index in [2.05, 4.69) is 221 Å². The average molecular weight is 893 g/mol. The number of hydrogen-bond donors (Lipinski definition) is 0. The molecule has 0 radical (unpaired) electrons. The lowest BCUT2D eigenvalue weighted by molar-refractivity contribution is 1.07. The van der Waals surface area contributed by atoms with Crippen LogP contribution in [0.3, 0.4) is 0 Å². The number of pyridine rings is 1. The van der Waals surface area contributed by atoms with Crippen LogP contribution >= 0.6 is 0 Å². The van der Waals surface area contributed by atoms with Crippen molar-refractivity contribution >= 4 is 65.3 Å². The molecule has 0 aliphatic rings. The van der Waals surface area contributed by atoms with Crippen molar-refractivity contribution in [2.75, 3.05) is 0 Å². The van der Waals surface area contributed by atoms with Crippen molar-refractivity contribution in [2.45, 2.75) is 0 Å². The highest BCUT2D eigenvalue weighted by Gasteiger charge is 2.21. The molecule has 70 heavy (non-hydrogen) atoms. The van der Waals surface area contributed by atoms with E-state index in [0.29, 0.717) is 17.5 Å². The molecule has 0 fully saturated rings. The molecule has 6 nitrogen and oxygen atoms in total. The molecule has 0 atom stereocenters. The van der Waals surface area contributed by atoms with Gasteiger partial charge in [-0.3, -0.25) is 0 Å². The Kier molecular flexibility index (Phi) is 9.10. The Bertz CT molecular complexity index is 4260. The van der Waals surface area contributed by atoms with E-state index in [1.807, 2.05) is 30.3 Å². The van der Waals surface area contributed by atoms with Crippen LogP contribution in [0.15, 0.2) is 243 Å². The van der Waals surface area contributed by atoms with Crippen molar-refractivity contribution in [3.63, 3.8) is 0 Å². The maximum absolute atomic E-state index is 5.47. The Hall–Kier alpha value is -9.52. The Balaban J connectivity index is 0.882. The highest BCUT2D eigenvalue weighted by atomic mass is 15.0. The van der Waals surface area contributed by atoms with Crippen LogP contribution < -0.4 is 0 Å². The molecule has 0 saturated carbocycles. The van der Waals surface area contributed by atoms with E-state index in [1.54, 1.807) is 0 Å². The highest BCUT2D eigenvalue weighted by Crippen LogP contribution is 2.43. The van der Waals surface area contributed by atoms with E-state index in [9.17, 15) is 0 Å². The zero-order valence-electron chi connectivity index (χ0n) is 37.8. The third-order valence-electron chi connectivity index (χ3n) is 13.8. The Morgan fingerprint density at radius 3 is 1.27 bits per heavy atom. The van der Waals surface area contributed by atoms with Gasteiger partial charge in [0.05, 0.1) is 33.3 Å². The minimum Gasteiger partial charge on any atom is -0.309 e. The first-order valence-corrected chi connectivity index (χ1v) is 23.6. The van der Waals surface area contributed by atoms with Gasteiger partial charge in [0, 0.05) is 71.3 Å². The molecule has 326 valence electrons. The Labute approximate surface area is 403 Å². The van der Waals surface area contributed by atoms with Crippen molar-refractivity contribution in [1.29, 1.82) is 0 Å². The van der Waals surface area contributed by atoms with Gasteiger partial charge in [0.1, 0.15) is 0 Å². The molecule has 4 heterocycles. The first-order valence-electron chi connectivity index (χ1n) is 23.6. The first kappa shape index (κ1) is 39.6. The van der Waals surface area contributed by atoms with Crippen LogP contribution in [-0.2, 0) is 0 Å².